The first kappa shape index (κ1) is 22.7. The number of carbonyl (C=O) groups excluding carboxylic acids is 1. The molecule has 0 unspecified atom stereocenters. The Morgan fingerprint density at radius 3 is 2.45 bits per heavy atom. The number of sulfonamides is 1. The zero-order valence-corrected chi connectivity index (χ0v) is 18.0. The average Bonchev–Trinajstić information content (AvgIpc) is 2.71. The van der Waals surface area contributed by atoms with Gasteiger partial charge >= 0.3 is 0 Å². The maximum atomic E-state index is 12.3. The van der Waals surface area contributed by atoms with Crippen LogP contribution in [0.25, 0.3) is 0 Å². The monoisotopic (exact) mass is 420 g/mol. The zero-order valence-electron chi connectivity index (χ0n) is 17.2. The summed E-state index contributed by atoms with van der Waals surface area (Å²) < 4.78 is 36.8. The fraction of sp³-hybridized carbons (Fsp3) is 0.381. The van der Waals surface area contributed by atoms with Gasteiger partial charge in [0.2, 0.25) is 15.9 Å². The van der Waals surface area contributed by atoms with E-state index in [0.717, 1.165) is 10.1 Å². The summed E-state index contributed by atoms with van der Waals surface area (Å²) in [7, 11) is 0.916. The van der Waals surface area contributed by atoms with Gasteiger partial charge in [0.1, 0.15) is 18.1 Å². The van der Waals surface area contributed by atoms with Crippen LogP contribution in [0.1, 0.15) is 18.9 Å². The van der Waals surface area contributed by atoms with Crippen LogP contribution in [0.2, 0.25) is 0 Å². The first-order valence-electron chi connectivity index (χ1n) is 9.30. The number of aryl methyl sites for hydroxylation is 1. The van der Waals surface area contributed by atoms with Crippen molar-refractivity contribution in [3.05, 3.63) is 54.1 Å². The number of rotatable bonds is 10. The Hall–Kier alpha value is -2.58. The van der Waals surface area contributed by atoms with Crippen molar-refractivity contribution in [2.75, 3.05) is 27.8 Å². The number of para-hydroxylation sites is 1. The van der Waals surface area contributed by atoms with Crippen molar-refractivity contribution >= 4 is 15.9 Å². The second-order valence-electron chi connectivity index (χ2n) is 6.85. The number of ether oxygens (including phenoxy) is 2. The number of methoxy groups -OCH3 is 1. The molecule has 1 N–H and O–H groups in total. The summed E-state index contributed by atoms with van der Waals surface area (Å²) in [6.07, 6.45) is 0.565. The van der Waals surface area contributed by atoms with E-state index < -0.39 is 10.0 Å². The summed E-state index contributed by atoms with van der Waals surface area (Å²) in [6.45, 7) is 2.22. The number of amides is 1. The minimum atomic E-state index is -3.55. The van der Waals surface area contributed by atoms with E-state index in [4.69, 9.17) is 9.47 Å². The zero-order chi connectivity index (χ0) is 21.4. The second-order valence-corrected chi connectivity index (χ2v) is 9.01. The van der Waals surface area contributed by atoms with Crippen molar-refractivity contribution in [2.24, 2.45) is 0 Å². The van der Waals surface area contributed by atoms with Crippen molar-refractivity contribution in [3.63, 3.8) is 0 Å². The third kappa shape index (κ3) is 6.47. The van der Waals surface area contributed by atoms with Gasteiger partial charge in [0.05, 0.1) is 18.0 Å². The molecule has 0 fully saturated rings. The lowest BCUT2D eigenvalue weighted by Crippen LogP contribution is -2.36. The topological polar surface area (TPSA) is 84.9 Å². The number of nitrogens with one attached hydrogen (secondary N) is 1. The fourth-order valence-electron chi connectivity index (χ4n) is 2.70. The van der Waals surface area contributed by atoms with E-state index in [0.29, 0.717) is 24.3 Å². The van der Waals surface area contributed by atoms with E-state index in [1.807, 2.05) is 37.3 Å². The normalized spacial score (nSPS) is 12.4. The first-order chi connectivity index (χ1) is 13.7. The fourth-order valence-corrected chi connectivity index (χ4v) is 3.65. The summed E-state index contributed by atoms with van der Waals surface area (Å²) >= 11 is 0. The van der Waals surface area contributed by atoms with Gasteiger partial charge < -0.3 is 14.8 Å². The molecule has 2 aromatic carbocycles. The highest BCUT2D eigenvalue weighted by atomic mass is 32.2. The molecule has 158 valence electrons. The van der Waals surface area contributed by atoms with Crippen LogP contribution in [0.3, 0.4) is 0 Å². The highest BCUT2D eigenvalue weighted by molar-refractivity contribution is 7.89. The van der Waals surface area contributed by atoms with E-state index >= 15 is 0 Å². The molecule has 0 saturated heterocycles. The SMILES string of the molecule is COc1ccc(S(=O)(=O)N(C)C)cc1CCC(=O)N[C@H](C)COc1ccccc1. The molecule has 7 nitrogen and oxygen atoms in total. The number of benzene rings is 2. The summed E-state index contributed by atoms with van der Waals surface area (Å²) in [4.78, 5) is 12.5. The molecular weight excluding hydrogens is 392 g/mol. The molecule has 2 rings (SSSR count). The summed E-state index contributed by atoms with van der Waals surface area (Å²) in [5.74, 6) is 1.16. The molecule has 0 aliphatic carbocycles. The average molecular weight is 421 g/mol. The smallest absolute Gasteiger partial charge is 0.242 e. The minimum absolute atomic E-state index is 0.142. The van der Waals surface area contributed by atoms with Crippen LogP contribution < -0.4 is 14.8 Å². The van der Waals surface area contributed by atoms with Crippen molar-refractivity contribution in [3.8, 4) is 11.5 Å². The van der Waals surface area contributed by atoms with Crippen molar-refractivity contribution in [1.29, 1.82) is 0 Å². The van der Waals surface area contributed by atoms with Crippen molar-refractivity contribution < 1.29 is 22.7 Å². The Morgan fingerprint density at radius 1 is 1.14 bits per heavy atom. The molecule has 1 amide bonds. The molecule has 0 saturated carbocycles. The Bertz CT molecular complexity index is 914. The molecule has 0 heterocycles. The lowest BCUT2D eigenvalue weighted by atomic mass is 10.1. The predicted molar refractivity (Wildman–Crippen MR) is 112 cm³/mol. The van der Waals surface area contributed by atoms with Crippen LogP contribution >= 0.6 is 0 Å². The third-order valence-corrected chi connectivity index (χ3v) is 6.11. The van der Waals surface area contributed by atoms with E-state index in [1.54, 1.807) is 12.1 Å². The molecule has 0 aliphatic heterocycles. The maximum absolute atomic E-state index is 12.3. The van der Waals surface area contributed by atoms with Gasteiger partial charge in [-0.1, -0.05) is 18.2 Å². The van der Waals surface area contributed by atoms with Crippen molar-refractivity contribution in [1.82, 2.24) is 9.62 Å². The standard InChI is InChI=1S/C21H28N2O5S/c1-16(15-28-18-8-6-5-7-9-18)22-21(24)13-10-17-14-19(11-12-20(17)27-4)29(25,26)23(2)3/h5-9,11-12,14,16H,10,13,15H2,1-4H3,(H,22,24)/t16-/m1/s1. The van der Waals surface area contributed by atoms with Gasteiger partial charge in [-0.05, 0) is 49.2 Å². The predicted octanol–water partition coefficient (Wildman–Crippen LogP) is 2.46. The van der Waals surface area contributed by atoms with Crippen LogP contribution in [-0.4, -0.2) is 52.5 Å². The van der Waals surface area contributed by atoms with Gasteiger partial charge in [-0.25, -0.2) is 12.7 Å². The molecule has 0 spiro atoms. The molecule has 0 aliphatic rings. The summed E-state index contributed by atoms with van der Waals surface area (Å²) in [5.41, 5.74) is 0.666. The maximum Gasteiger partial charge on any atom is 0.242 e. The van der Waals surface area contributed by atoms with Crippen LogP contribution in [0, 0.1) is 0 Å². The number of nitrogens with zero attached hydrogens (tertiary/aromatic N) is 1. The molecule has 2 aromatic rings. The number of carbonyl (C=O) groups is 1. The summed E-state index contributed by atoms with van der Waals surface area (Å²) in [6, 6.07) is 13.9. The molecule has 0 radical (unpaired) electrons. The molecule has 29 heavy (non-hydrogen) atoms. The van der Waals surface area contributed by atoms with Gasteiger partial charge in [0, 0.05) is 20.5 Å². The van der Waals surface area contributed by atoms with Crippen LogP contribution in [0.15, 0.2) is 53.4 Å². The van der Waals surface area contributed by atoms with Gasteiger partial charge in [-0.15, -0.1) is 0 Å². The largest absolute Gasteiger partial charge is 0.496 e. The Kier molecular flexibility index (Phi) is 8.04. The quantitative estimate of drug-likeness (QED) is 0.638. The number of hydrogen-bond donors (Lipinski definition) is 1. The van der Waals surface area contributed by atoms with Crippen LogP contribution in [0.4, 0.5) is 0 Å². The van der Waals surface area contributed by atoms with Gasteiger partial charge in [-0.3, -0.25) is 4.79 Å². The highest BCUT2D eigenvalue weighted by Crippen LogP contribution is 2.25. The molecule has 0 bridgehead atoms. The molecular formula is C21H28N2O5S. The third-order valence-electron chi connectivity index (χ3n) is 4.30. The van der Waals surface area contributed by atoms with Gasteiger partial charge in [0.15, 0.2) is 0 Å². The Morgan fingerprint density at radius 2 is 1.83 bits per heavy atom. The van der Waals surface area contributed by atoms with Crippen molar-refractivity contribution in [2.45, 2.75) is 30.7 Å². The van der Waals surface area contributed by atoms with E-state index in [1.165, 1.54) is 27.3 Å². The van der Waals surface area contributed by atoms with E-state index in [-0.39, 0.29) is 23.3 Å². The molecule has 0 aromatic heterocycles. The second kappa shape index (κ2) is 10.3. The number of hydrogen-bond acceptors (Lipinski definition) is 5. The van der Waals surface area contributed by atoms with Crippen LogP contribution in [0.5, 0.6) is 11.5 Å². The van der Waals surface area contributed by atoms with E-state index in [2.05, 4.69) is 5.32 Å². The molecule has 1 atom stereocenters. The Labute approximate surface area is 172 Å². The van der Waals surface area contributed by atoms with E-state index in [9.17, 15) is 13.2 Å². The first-order valence-corrected chi connectivity index (χ1v) is 10.7. The lowest BCUT2D eigenvalue weighted by molar-refractivity contribution is -0.121. The minimum Gasteiger partial charge on any atom is -0.496 e. The van der Waals surface area contributed by atoms with Crippen LogP contribution in [-0.2, 0) is 21.2 Å². The van der Waals surface area contributed by atoms with Gasteiger partial charge in [0.25, 0.3) is 0 Å². The highest BCUT2D eigenvalue weighted by Gasteiger charge is 2.19. The lowest BCUT2D eigenvalue weighted by Gasteiger charge is -2.16. The van der Waals surface area contributed by atoms with Gasteiger partial charge in [-0.2, -0.15) is 0 Å². The molecule has 8 heteroatoms. The summed E-state index contributed by atoms with van der Waals surface area (Å²) in [5, 5.41) is 2.89. The Balaban J connectivity index is 1.94.